The molecular formula is C9H9BrN4S. The van der Waals surface area contributed by atoms with Crippen molar-refractivity contribution in [2.24, 2.45) is 7.05 Å². The summed E-state index contributed by atoms with van der Waals surface area (Å²) in [6.07, 6.45) is 1.87. The first kappa shape index (κ1) is 10.5. The van der Waals surface area contributed by atoms with Crippen LogP contribution in [0.1, 0.15) is 5.69 Å². The average Bonchev–Trinajstić information content (AvgIpc) is 2.60. The van der Waals surface area contributed by atoms with Crippen LogP contribution in [0.4, 0.5) is 0 Å². The van der Waals surface area contributed by atoms with Crippen LogP contribution in [-0.2, 0) is 7.05 Å². The van der Waals surface area contributed by atoms with Gasteiger partial charge in [0.15, 0.2) is 5.82 Å². The van der Waals surface area contributed by atoms with Gasteiger partial charge >= 0.3 is 0 Å². The lowest BCUT2D eigenvalue weighted by Gasteiger charge is -2.01. The number of nitrogens with one attached hydrogen (secondary N) is 1. The highest BCUT2D eigenvalue weighted by Gasteiger charge is 2.06. The quantitative estimate of drug-likeness (QED) is 0.819. The average molecular weight is 285 g/mol. The van der Waals surface area contributed by atoms with Crippen molar-refractivity contribution in [3.05, 3.63) is 27.1 Å². The number of nitrogens with zero attached hydrogens (tertiary/aromatic N) is 3. The molecule has 0 saturated heterocycles. The normalized spacial score (nSPS) is 10.6. The van der Waals surface area contributed by atoms with Gasteiger partial charge in [0.25, 0.3) is 0 Å². The highest BCUT2D eigenvalue weighted by atomic mass is 79.9. The van der Waals surface area contributed by atoms with Gasteiger partial charge in [0.2, 0.25) is 0 Å². The minimum atomic E-state index is 0.548. The summed E-state index contributed by atoms with van der Waals surface area (Å²) >= 11 is 8.49. The van der Waals surface area contributed by atoms with Crippen LogP contribution in [0.5, 0.6) is 0 Å². The van der Waals surface area contributed by atoms with Crippen LogP contribution in [0.3, 0.4) is 0 Å². The Balaban J connectivity index is 2.60. The van der Waals surface area contributed by atoms with Crippen LogP contribution in [-0.4, -0.2) is 19.7 Å². The van der Waals surface area contributed by atoms with E-state index in [0.717, 1.165) is 15.9 Å². The van der Waals surface area contributed by atoms with Crippen molar-refractivity contribution in [1.82, 2.24) is 19.7 Å². The molecule has 0 saturated carbocycles. The van der Waals surface area contributed by atoms with E-state index < -0.39 is 0 Å². The Hall–Kier alpha value is -1.01. The van der Waals surface area contributed by atoms with Crippen LogP contribution < -0.4 is 0 Å². The third-order valence-corrected chi connectivity index (χ3v) is 3.52. The third kappa shape index (κ3) is 2.00. The van der Waals surface area contributed by atoms with Gasteiger partial charge in [-0.3, -0.25) is 4.68 Å². The summed E-state index contributed by atoms with van der Waals surface area (Å²) in [7, 11) is 1.86. The van der Waals surface area contributed by atoms with E-state index in [1.165, 1.54) is 0 Å². The highest BCUT2D eigenvalue weighted by Crippen LogP contribution is 2.18. The molecule has 0 aliphatic rings. The van der Waals surface area contributed by atoms with E-state index in [1.807, 2.05) is 26.2 Å². The topological polar surface area (TPSA) is 46.5 Å². The maximum atomic E-state index is 5.12. The van der Waals surface area contributed by atoms with Crippen molar-refractivity contribution in [2.75, 3.05) is 0 Å². The number of halogens is 1. The van der Waals surface area contributed by atoms with Crippen LogP contribution in [0.2, 0.25) is 0 Å². The van der Waals surface area contributed by atoms with Crippen LogP contribution in [0.25, 0.3) is 11.5 Å². The Bertz CT molecular complexity index is 557. The van der Waals surface area contributed by atoms with Gasteiger partial charge in [-0.05, 0) is 28.9 Å². The number of aryl methyl sites for hydroxylation is 2. The Kier molecular flexibility index (Phi) is 2.70. The minimum absolute atomic E-state index is 0.548. The largest absolute Gasteiger partial charge is 0.341 e. The Labute approximate surface area is 100 Å². The van der Waals surface area contributed by atoms with E-state index in [9.17, 15) is 0 Å². The van der Waals surface area contributed by atoms with Crippen LogP contribution in [0, 0.1) is 11.6 Å². The molecule has 2 heterocycles. The Morgan fingerprint density at radius 1 is 1.53 bits per heavy atom. The maximum absolute atomic E-state index is 5.12. The van der Waals surface area contributed by atoms with E-state index in [2.05, 4.69) is 31.0 Å². The monoisotopic (exact) mass is 284 g/mol. The zero-order chi connectivity index (χ0) is 11.0. The smallest absolute Gasteiger partial charge is 0.159 e. The molecule has 78 valence electrons. The summed E-state index contributed by atoms with van der Waals surface area (Å²) in [5.74, 6) is 0.696. The van der Waals surface area contributed by atoms with E-state index in [1.54, 1.807) is 4.68 Å². The molecule has 0 fully saturated rings. The molecule has 0 unspecified atom stereocenters. The van der Waals surface area contributed by atoms with E-state index in [-0.39, 0.29) is 0 Å². The minimum Gasteiger partial charge on any atom is -0.341 e. The molecular weight excluding hydrogens is 276 g/mol. The second kappa shape index (κ2) is 3.86. The molecule has 0 radical (unpaired) electrons. The maximum Gasteiger partial charge on any atom is 0.159 e. The number of aromatic nitrogens is 4. The molecule has 0 aliphatic heterocycles. The standard InChI is InChI=1S/C9H9BrN4S/c1-5-7(10)9(15)12-8(11-5)6-3-4-14(2)13-6/h3-4H,1-2H3,(H,11,12,15). The SMILES string of the molecule is Cc1[nH]c(-c2ccn(C)n2)nc(=S)c1Br. The summed E-state index contributed by atoms with van der Waals surface area (Å²) < 4.78 is 3.11. The lowest BCUT2D eigenvalue weighted by atomic mass is 10.4. The second-order valence-electron chi connectivity index (χ2n) is 3.20. The van der Waals surface area contributed by atoms with Crippen LogP contribution in [0.15, 0.2) is 16.7 Å². The molecule has 15 heavy (non-hydrogen) atoms. The van der Waals surface area contributed by atoms with Gasteiger partial charge in [0.1, 0.15) is 10.3 Å². The van der Waals surface area contributed by atoms with Crippen molar-refractivity contribution in [2.45, 2.75) is 6.92 Å². The lowest BCUT2D eigenvalue weighted by Crippen LogP contribution is -1.96. The molecule has 0 bridgehead atoms. The van der Waals surface area contributed by atoms with E-state index in [4.69, 9.17) is 12.2 Å². The van der Waals surface area contributed by atoms with Gasteiger partial charge in [0, 0.05) is 18.9 Å². The van der Waals surface area contributed by atoms with E-state index >= 15 is 0 Å². The predicted molar refractivity (Wildman–Crippen MR) is 64.1 cm³/mol. The van der Waals surface area contributed by atoms with Crippen molar-refractivity contribution in [3.8, 4) is 11.5 Å². The second-order valence-corrected chi connectivity index (χ2v) is 4.38. The molecule has 1 N–H and O–H groups in total. The van der Waals surface area contributed by atoms with Gasteiger partial charge in [0.05, 0.1) is 4.47 Å². The summed E-state index contributed by atoms with van der Waals surface area (Å²) in [5.41, 5.74) is 1.75. The molecule has 2 rings (SSSR count). The van der Waals surface area contributed by atoms with Gasteiger partial charge in [-0.15, -0.1) is 0 Å². The summed E-state index contributed by atoms with van der Waals surface area (Å²) in [4.78, 5) is 7.40. The number of rotatable bonds is 1. The van der Waals surface area contributed by atoms with Crippen molar-refractivity contribution < 1.29 is 0 Å². The van der Waals surface area contributed by atoms with Crippen molar-refractivity contribution >= 4 is 28.1 Å². The first-order chi connectivity index (χ1) is 7.08. The molecule has 2 aromatic rings. The molecule has 2 aromatic heterocycles. The van der Waals surface area contributed by atoms with Crippen LogP contribution >= 0.6 is 28.1 Å². The van der Waals surface area contributed by atoms with Gasteiger partial charge < -0.3 is 4.98 Å². The molecule has 0 aliphatic carbocycles. The summed E-state index contributed by atoms with van der Waals surface area (Å²) in [6, 6.07) is 1.89. The molecule has 0 aromatic carbocycles. The van der Waals surface area contributed by atoms with Crippen molar-refractivity contribution in [1.29, 1.82) is 0 Å². The Morgan fingerprint density at radius 3 is 2.80 bits per heavy atom. The first-order valence-electron chi connectivity index (χ1n) is 4.34. The lowest BCUT2D eigenvalue weighted by molar-refractivity contribution is 0.768. The predicted octanol–water partition coefficient (Wildman–Crippen LogP) is 2.61. The number of aromatic amines is 1. The van der Waals surface area contributed by atoms with Gasteiger partial charge in [-0.25, -0.2) is 4.98 Å². The fourth-order valence-corrected chi connectivity index (χ4v) is 1.67. The highest BCUT2D eigenvalue weighted by molar-refractivity contribution is 9.10. The fourth-order valence-electron chi connectivity index (χ4n) is 1.23. The molecule has 0 spiro atoms. The number of hydrogen-bond donors (Lipinski definition) is 1. The summed E-state index contributed by atoms with van der Waals surface area (Å²) in [5, 5.41) is 4.25. The third-order valence-electron chi connectivity index (χ3n) is 1.99. The fraction of sp³-hybridized carbons (Fsp3) is 0.222. The first-order valence-corrected chi connectivity index (χ1v) is 5.54. The van der Waals surface area contributed by atoms with Gasteiger partial charge in [-0.1, -0.05) is 12.2 Å². The zero-order valence-electron chi connectivity index (χ0n) is 8.28. The molecule has 0 amide bonds. The number of H-pyrrole nitrogens is 1. The van der Waals surface area contributed by atoms with E-state index in [0.29, 0.717) is 10.5 Å². The zero-order valence-corrected chi connectivity index (χ0v) is 10.7. The summed E-state index contributed by atoms with van der Waals surface area (Å²) in [6.45, 7) is 1.94. The van der Waals surface area contributed by atoms with Gasteiger partial charge in [-0.2, -0.15) is 5.10 Å². The molecule has 0 atom stereocenters. The number of hydrogen-bond acceptors (Lipinski definition) is 3. The molecule has 6 heteroatoms. The van der Waals surface area contributed by atoms with Crippen molar-refractivity contribution in [3.63, 3.8) is 0 Å². The Morgan fingerprint density at radius 2 is 2.27 bits per heavy atom. The molecule has 4 nitrogen and oxygen atoms in total.